The lowest BCUT2D eigenvalue weighted by atomic mass is 9.69. The van der Waals surface area contributed by atoms with Gasteiger partial charge in [0.2, 0.25) is 5.91 Å². The highest BCUT2D eigenvalue weighted by Gasteiger charge is 2.42. The minimum absolute atomic E-state index is 0.167. The molecule has 150 valence electrons. The highest BCUT2D eigenvalue weighted by molar-refractivity contribution is 6.01. The van der Waals surface area contributed by atoms with Crippen LogP contribution in [0, 0.1) is 0 Å². The average Bonchev–Trinajstić information content (AvgIpc) is 3.11. The Balaban J connectivity index is 1.89. The van der Waals surface area contributed by atoms with Crippen molar-refractivity contribution in [1.82, 2.24) is 4.57 Å². The number of nitrogens with zero attached hydrogens (tertiary/aromatic N) is 1. The average molecular weight is 383 g/mol. The van der Waals surface area contributed by atoms with Crippen LogP contribution in [0.2, 0.25) is 0 Å². The van der Waals surface area contributed by atoms with Crippen LogP contribution in [-0.2, 0) is 10.2 Å². The molecule has 6 heteroatoms. The molecule has 0 bridgehead atoms. The largest absolute Gasteiger partial charge is 0.490 e. The molecule has 2 saturated carbocycles. The fraction of sp³-hybridized carbons (Fsp3) is 0.545. The van der Waals surface area contributed by atoms with Crippen molar-refractivity contribution in [3.8, 4) is 5.75 Å². The van der Waals surface area contributed by atoms with Crippen LogP contribution in [0.25, 0.3) is 10.9 Å². The van der Waals surface area contributed by atoms with E-state index in [0.29, 0.717) is 18.4 Å². The second kappa shape index (κ2) is 7.49. The number of fused-ring (bicyclic) bond motifs is 1. The van der Waals surface area contributed by atoms with Crippen LogP contribution in [0.5, 0.6) is 5.75 Å². The van der Waals surface area contributed by atoms with Crippen LogP contribution in [0.4, 0.5) is 4.79 Å². The zero-order chi connectivity index (χ0) is 19.7. The van der Waals surface area contributed by atoms with Crippen molar-refractivity contribution in [2.24, 2.45) is 11.5 Å². The molecule has 2 amide bonds. The Morgan fingerprint density at radius 3 is 2.32 bits per heavy atom. The van der Waals surface area contributed by atoms with Gasteiger partial charge in [0.1, 0.15) is 5.75 Å². The van der Waals surface area contributed by atoms with Crippen LogP contribution < -0.4 is 16.2 Å². The SMILES string of the molecule is NC(=O)n1cc(C2(C(N)=O)CCCCC2)c2c(OC3CCCCC3)cccc21. The summed E-state index contributed by atoms with van der Waals surface area (Å²) in [5, 5.41) is 0.813. The summed E-state index contributed by atoms with van der Waals surface area (Å²) in [4.78, 5) is 24.8. The molecule has 0 spiro atoms. The van der Waals surface area contributed by atoms with E-state index in [-0.39, 0.29) is 12.0 Å². The first kappa shape index (κ1) is 18.8. The van der Waals surface area contributed by atoms with Gasteiger partial charge in [-0.3, -0.25) is 9.36 Å². The summed E-state index contributed by atoms with van der Waals surface area (Å²) in [5.74, 6) is 0.397. The number of benzene rings is 1. The fourth-order valence-electron chi connectivity index (χ4n) is 5.06. The zero-order valence-electron chi connectivity index (χ0n) is 16.3. The number of carbonyl (C=O) groups excluding carboxylic acids is 2. The first-order chi connectivity index (χ1) is 13.5. The Kier molecular flexibility index (Phi) is 5.04. The molecule has 1 heterocycles. The summed E-state index contributed by atoms with van der Waals surface area (Å²) in [6, 6.07) is 5.10. The van der Waals surface area contributed by atoms with E-state index < -0.39 is 11.4 Å². The van der Waals surface area contributed by atoms with Crippen molar-refractivity contribution in [3.63, 3.8) is 0 Å². The maximum absolute atomic E-state index is 12.7. The summed E-state index contributed by atoms with van der Waals surface area (Å²) < 4.78 is 7.83. The number of rotatable bonds is 4. The molecule has 1 aromatic heterocycles. The van der Waals surface area contributed by atoms with E-state index in [1.165, 1.54) is 23.8 Å². The molecular formula is C22H29N3O3. The topological polar surface area (TPSA) is 100 Å². The van der Waals surface area contributed by atoms with Crippen molar-refractivity contribution in [1.29, 1.82) is 0 Å². The number of hydrogen-bond donors (Lipinski definition) is 2. The Hall–Kier alpha value is -2.50. The lowest BCUT2D eigenvalue weighted by molar-refractivity contribution is -0.124. The molecule has 4 rings (SSSR count). The van der Waals surface area contributed by atoms with Gasteiger partial charge in [-0.2, -0.15) is 0 Å². The van der Waals surface area contributed by atoms with Crippen molar-refractivity contribution < 1.29 is 14.3 Å². The van der Waals surface area contributed by atoms with Gasteiger partial charge in [-0.05, 0) is 56.2 Å². The number of ether oxygens (including phenoxy) is 1. The lowest BCUT2D eigenvalue weighted by Gasteiger charge is -2.34. The second-order valence-corrected chi connectivity index (χ2v) is 8.29. The molecule has 2 fully saturated rings. The van der Waals surface area contributed by atoms with Gasteiger partial charge in [-0.15, -0.1) is 0 Å². The summed E-state index contributed by atoms with van der Waals surface area (Å²) in [7, 11) is 0. The predicted octanol–water partition coefficient (Wildman–Crippen LogP) is 3.97. The molecule has 2 aliphatic carbocycles. The normalized spacial score (nSPS) is 20.1. The molecule has 0 unspecified atom stereocenters. The molecule has 2 aromatic rings. The highest BCUT2D eigenvalue weighted by atomic mass is 16.5. The Morgan fingerprint density at radius 2 is 1.68 bits per heavy atom. The summed E-state index contributed by atoms with van der Waals surface area (Å²) >= 11 is 0. The van der Waals surface area contributed by atoms with E-state index in [1.54, 1.807) is 6.20 Å². The van der Waals surface area contributed by atoms with Gasteiger partial charge in [0.05, 0.1) is 17.0 Å². The summed E-state index contributed by atoms with van der Waals surface area (Å²) in [5.41, 5.74) is 12.3. The molecular weight excluding hydrogens is 354 g/mol. The minimum atomic E-state index is -0.775. The van der Waals surface area contributed by atoms with Crippen molar-refractivity contribution in [3.05, 3.63) is 30.0 Å². The van der Waals surface area contributed by atoms with E-state index in [2.05, 4.69) is 0 Å². The molecule has 6 nitrogen and oxygen atoms in total. The first-order valence-corrected chi connectivity index (χ1v) is 10.4. The predicted molar refractivity (Wildman–Crippen MR) is 108 cm³/mol. The van der Waals surface area contributed by atoms with Crippen molar-refractivity contribution in [2.45, 2.75) is 75.7 Å². The van der Waals surface area contributed by atoms with E-state index in [9.17, 15) is 9.59 Å². The third-order valence-electron chi connectivity index (χ3n) is 6.57. The van der Waals surface area contributed by atoms with E-state index >= 15 is 0 Å². The van der Waals surface area contributed by atoms with E-state index in [1.807, 2.05) is 18.2 Å². The first-order valence-electron chi connectivity index (χ1n) is 10.4. The van der Waals surface area contributed by atoms with Crippen molar-refractivity contribution >= 4 is 22.8 Å². The van der Waals surface area contributed by atoms with Crippen LogP contribution in [-0.4, -0.2) is 22.6 Å². The number of primary amides is 2. The standard InChI is InChI=1S/C22H29N3O3/c23-20(26)22(12-5-2-6-13-22)16-14-25(21(24)27)17-10-7-11-18(19(16)17)28-15-8-3-1-4-9-15/h7,10-11,14-15H,1-6,8-9,12-13H2,(H2,23,26)(H2,24,27). The van der Waals surface area contributed by atoms with Gasteiger partial charge in [0, 0.05) is 11.6 Å². The molecule has 1 aromatic carbocycles. The summed E-state index contributed by atoms with van der Waals surface area (Å²) in [6.07, 6.45) is 11.9. The molecule has 0 radical (unpaired) electrons. The van der Waals surface area contributed by atoms with Crippen LogP contribution in [0.15, 0.2) is 24.4 Å². The molecule has 28 heavy (non-hydrogen) atoms. The summed E-state index contributed by atoms with van der Waals surface area (Å²) in [6.45, 7) is 0. The van der Waals surface area contributed by atoms with Gasteiger partial charge in [-0.1, -0.05) is 31.7 Å². The van der Waals surface area contributed by atoms with E-state index in [0.717, 1.165) is 48.8 Å². The van der Waals surface area contributed by atoms with Crippen LogP contribution >= 0.6 is 0 Å². The maximum Gasteiger partial charge on any atom is 0.323 e. The quantitative estimate of drug-likeness (QED) is 0.835. The van der Waals surface area contributed by atoms with Crippen molar-refractivity contribution in [2.75, 3.05) is 0 Å². The molecule has 2 aliphatic rings. The Morgan fingerprint density at radius 1 is 1.00 bits per heavy atom. The molecule has 4 N–H and O–H groups in total. The number of aromatic nitrogens is 1. The second-order valence-electron chi connectivity index (χ2n) is 8.29. The van der Waals surface area contributed by atoms with Crippen LogP contribution in [0.1, 0.15) is 69.8 Å². The molecule has 0 saturated heterocycles. The van der Waals surface area contributed by atoms with E-state index in [4.69, 9.17) is 16.2 Å². The maximum atomic E-state index is 12.7. The number of carbonyl (C=O) groups is 2. The Bertz CT molecular complexity index is 890. The van der Waals surface area contributed by atoms with Gasteiger partial charge >= 0.3 is 6.03 Å². The van der Waals surface area contributed by atoms with Gasteiger partial charge in [0.25, 0.3) is 0 Å². The zero-order valence-corrected chi connectivity index (χ0v) is 16.3. The highest BCUT2D eigenvalue weighted by Crippen LogP contribution is 2.45. The number of nitrogens with two attached hydrogens (primary N) is 2. The molecule has 0 aliphatic heterocycles. The fourth-order valence-corrected chi connectivity index (χ4v) is 5.06. The van der Waals surface area contributed by atoms with Crippen LogP contribution in [0.3, 0.4) is 0 Å². The Labute approximate surface area is 165 Å². The van der Waals surface area contributed by atoms with Gasteiger partial charge < -0.3 is 16.2 Å². The molecule has 0 atom stereocenters. The third-order valence-corrected chi connectivity index (χ3v) is 6.57. The van der Waals surface area contributed by atoms with Gasteiger partial charge in [0.15, 0.2) is 0 Å². The minimum Gasteiger partial charge on any atom is -0.490 e. The lowest BCUT2D eigenvalue weighted by Crippen LogP contribution is -2.42. The van der Waals surface area contributed by atoms with Gasteiger partial charge in [-0.25, -0.2) is 4.79 Å². The number of amides is 2. The third kappa shape index (κ3) is 3.15. The number of hydrogen-bond acceptors (Lipinski definition) is 3. The monoisotopic (exact) mass is 383 g/mol. The smallest absolute Gasteiger partial charge is 0.323 e.